The smallest absolute Gasteiger partial charge is 0.262 e. The molecule has 5 nitrogen and oxygen atoms in total. The van der Waals surface area contributed by atoms with Crippen molar-refractivity contribution >= 4 is 17.5 Å². The zero-order valence-corrected chi connectivity index (χ0v) is 15.2. The van der Waals surface area contributed by atoms with Gasteiger partial charge in [-0.2, -0.15) is 0 Å². The molecule has 0 aromatic heterocycles. The minimum atomic E-state index is -0.209. The van der Waals surface area contributed by atoms with Crippen LogP contribution in [0.3, 0.4) is 0 Å². The zero-order chi connectivity index (χ0) is 18.5. The summed E-state index contributed by atoms with van der Waals surface area (Å²) in [7, 11) is 0. The van der Waals surface area contributed by atoms with Crippen LogP contribution < -0.4 is 10.1 Å². The van der Waals surface area contributed by atoms with Crippen LogP contribution in [0.15, 0.2) is 48.5 Å². The van der Waals surface area contributed by atoms with Crippen LogP contribution in [-0.2, 0) is 22.6 Å². The van der Waals surface area contributed by atoms with Crippen LogP contribution in [0.1, 0.15) is 25.0 Å². The predicted octanol–water partition coefficient (Wildman–Crippen LogP) is 3.24. The molecular formula is C21H24N2O3. The van der Waals surface area contributed by atoms with Gasteiger partial charge in [-0.1, -0.05) is 38.1 Å². The number of carbonyl (C=O) groups excluding carboxylic acids is 2. The van der Waals surface area contributed by atoms with Gasteiger partial charge < -0.3 is 15.0 Å². The average molecular weight is 352 g/mol. The van der Waals surface area contributed by atoms with Crippen molar-refractivity contribution in [2.45, 2.75) is 26.8 Å². The number of hydrogen-bond donors (Lipinski definition) is 1. The second-order valence-electron chi connectivity index (χ2n) is 6.80. The molecule has 0 saturated heterocycles. The Bertz CT molecular complexity index is 787. The Kier molecular flexibility index (Phi) is 5.56. The number of fused-ring (bicyclic) bond motifs is 1. The number of rotatable bonds is 5. The summed E-state index contributed by atoms with van der Waals surface area (Å²) in [6.07, 6.45) is 0.846. The molecule has 0 bridgehead atoms. The molecule has 3 rings (SSSR count). The fraction of sp³-hybridized carbons (Fsp3) is 0.333. The fourth-order valence-corrected chi connectivity index (χ4v) is 3.05. The Labute approximate surface area is 154 Å². The largest absolute Gasteiger partial charge is 0.484 e. The lowest BCUT2D eigenvalue weighted by atomic mass is 9.98. The van der Waals surface area contributed by atoms with Crippen molar-refractivity contribution in [3.05, 3.63) is 59.7 Å². The molecule has 1 aliphatic heterocycles. The molecule has 0 fully saturated rings. The van der Waals surface area contributed by atoms with E-state index >= 15 is 0 Å². The number of ether oxygens (including phenoxy) is 1. The van der Waals surface area contributed by atoms with Gasteiger partial charge in [-0.05, 0) is 41.8 Å². The number of benzene rings is 2. The lowest BCUT2D eigenvalue weighted by molar-refractivity contribution is -0.135. The highest BCUT2D eigenvalue weighted by Crippen LogP contribution is 2.23. The first-order valence-corrected chi connectivity index (χ1v) is 8.91. The summed E-state index contributed by atoms with van der Waals surface area (Å²) in [5.41, 5.74) is 3.05. The summed E-state index contributed by atoms with van der Waals surface area (Å²) in [5, 5.41) is 2.86. The van der Waals surface area contributed by atoms with Crippen molar-refractivity contribution in [2.24, 2.45) is 5.92 Å². The summed E-state index contributed by atoms with van der Waals surface area (Å²) in [4.78, 5) is 26.2. The average Bonchev–Trinajstić information content (AvgIpc) is 2.66. The first-order chi connectivity index (χ1) is 12.5. The summed E-state index contributed by atoms with van der Waals surface area (Å²) < 4.78 is 5.46. The third-order valence-electron chi connectivity index (χ3n) is 4.42. The molecule has 1 aliphatic rings. The Morgan fingerprint density at radius 3 is 2.62 bits per heavy atom. The van der Waals surface area contributed by atoms with Crippen molar-refractivity contribution in [2.75, 3.05) is 18.5 Å². The first kappa shape index (κ1) is 18.0. The summed E-state index contributed by atoms with van der Waals surface area (Å²) in [5.74, 6) is 0.617. The van der Waals surface area contributed by atoms with E-state index < -0.39 is 0 Å². The lowest BCUT2D eigenvalue weighted by Crippen LogP contribution is -2.38. The van der Waals surface area contributed by atoms with E-state index in [-0.39, 0.29) is 24.3 Å². The Hall–Kier alpha value is -2.82. The zero-order valence-electron chi connectivity index (χ0n) is 15.2. The Morgan fingerprint density at radius 2 is 1.88 bits per heavy atom. The van der Waals surface area contributed by atoms with Crippen molar-refractivity contribution in [3.63, 3.8) is 0 Å². The third-order valence-corrected chi connectivity index (χ3v) is 4.42. The number of para-hydroxylation sites is 1. The van der Waals surface area contributed by atoms with Gasteiger partial charge in [-0.15, -0.1) is 0 Å². The van der Waals surface area contributed by atoms with Gasteiger partial charge in [0.25, 0.3) is 5.91 Å². The molecule has 2 aromatic rings. The molecule has 5 heteroatoms. The first-order valence-electron chi connectivity index (χ1n) is 8.91. The molecule has 2 amide bonds. The Balaban J connectivity index is 1.61. The van der Waals surface area contributed by atoms with E-state index in [1.165, 1.54) is 5.56 Å². The van der Waals surface area contributed by atoms with Gasteiger partial charge in [-0.3, -0.25) is 9.59 Å². The van der Waals surface area contributed by atoms with Crippen LogP contribution in [0.2, 0.25) is 0 Å². The van der Waals surface area contributed by atoms with Crippen LogP contribution in [0.4, 0.5) is 5.69 Å². The van der Waals surface area contributed by atoms with Crippen molar-refractivity contribution < 1.29 is 14.3 Å². The maximum atomic E-state index is 12.2. The van der Waals surface area contributed by atoms with Gasteiger partial charge in [0.1, 0.15) is 5.75 Å². The van der Waals surface area contributed by atoms with E-state index in [1.54, 1.807) is 0 Å². The molecule has 1 heterocycles. The maximum Gasteiger partial charge on any atom is 0.262 e. The van der Waals surface area contributed by atoms with E-state index in [1.807, 2.05) is 67.3 Å². The van der Waals surface area contributed by atoms with Crippen molar-refractivity contribution in [3.8, 4) is 5.75 Å². The van der Waals surface area contributed by atoms with Crippen molar-refractivity contribution in [1.29, 1.82) is 0 Å². The molecule has 0 spiro atoms. The minimum Gasteiger partial charge on any atom is -0.484 e. The van der Waals surface area contributed by atoms with Gasteiger partial charge in [0.2, 0.25) is 5.91 Å². The number of anilines is 1. The molecule has 0 saturated carbocycles. The van der Waals surface area contributed by atoms with E-state index in [0.717, 1.165) is 24.2 Å². The number of amides is 2. The molecule has 2 aromatic carbocycles. The Morgan fingerprint density at radius 1 is 1.12 bits per heavy atom. The highest BCUT2D eigenvalue weighted by atomic mass is 16.5. The van der Waals surface area contributed by atoms with Crippen LogP contribution >= 0.6 is 0 Å². The normalized spacial score (nSPS) is 13.3. The molecule has 0 radical (unpaired) electrons. The predicted molar refractivity (Wildman–Crippen MR) is 101 cm³/mol. The lowest BCUT2D eigenvalue weighted by Gasteiger charge is -2.30. The van der Waals surface area contributed by atoms with Crippen LogP contribution in [0.25, 0.3) is 0 Å². The third kappa shape index (κ3) is 4.42. The van der Waals surface area contributed by atoms with Crippen LogP contribution in [0.5, 0.6) is 5.75 Å². The van der Waals surface area contributed by atoms with Gasteiger partial charge in [0.15, 0.2) is 6.61 Å². The van der Waals surface area contributed by atoms with Crippen LogP contribution in [0, 0.1) is 5.92 Å². The van der Waals surface area contributed by atoms with E-state index in [4.69, 9.17) is 4.74 Å². The topological polar surface area (TPSA) is 58.6 Å². The quantitative estimate of drug-likeness (QED) is 0.899. The van der Waals surface area contributed by atoms with Crippen LogP contribution in [-0.4, -0.2) is 29.9 Å². The molecule has 1 N–H and O–H groups in total. The van der Waals surface area contributed by atoms with Gasteiger partial charge >= 0.3 is 0 Å². The number of nitrogens with one attached hydrogen (secondary N) is 1. The van der Waals surface area contributed by atoms with Gasteiger partial charge in [0, 0.05) is 24.7 Å². The molecular weight excluding hydrogens is 328 g/mol. The SMILES string of the molecule is CC(C)C(=O)N1CCc2ccc(NC(=O)COc3ccccc3)cc2C1. The molecule has 0 atom stereocenters. The second-order valence-corrected chi connectivity index (χ2v) is 6.80. The standard InChI is InChI=1S/C21H24N2O3/c1-15(2)21(25)23-11-10-16-8-9-18(12-17(16)13-23)22-20(24)14-26-19-6-4-3-5-7-19/h3-9,12,15H,10-11,13-14H2,1-2H3,(H,22,24). The van der Waals surface area contributed by atoms with Gasteiger partial charge in [0.05, 0.1) is 0 Å². The maximum absolute atomic E-state index is 12.2. The summed E-state index contributed by atoms with van der Waals surface area (Å²) >= 11 is 0. The molecule has 0 unspecified atom stereocenters. The number of carbonyl (C=O) groups is 2. The fourth-order valence-electron chi connectivity index (χ4n) is 3.05. The summed E-state index contributed by atoms with van der Waals surface area (Å²) in [6, 6.07) is 15.1. The minimum absolute atomic E-state index is 0.00503. The van der Waals surface area contributed by atoms with E-state index in [0.29, 0.717) is 12.3 Å². The molecule has 26 heavy (non-hydrogen) atoms. The second kappa shape index (κ2) is 8.04. The molecule has 0 aliphatic carbocycles. The monoisotopic (exact) mass is 352 g/mol. The van der Waals surface area contributed by atoms with Crippen molar-refractivity contribution in [1.82, 2.24) is 4.90 Å². The van der Waals surface area contributed by atoms with E-state index in [2.05, 4.69) is 5.32 Å². The highest BCUT2D eigenvalue weighted by Gasteiger charge is 2.22. The summed E-state index contributed by atoms with van der Waals surface area (Å²) in [6.45, 7) is 5.14. The molecule has 136 valence electrons. The van der Waals surface area contributed by atoms with E-state index in [9.17, 15) is 9.59 Å². The van der Waals surface area contributed by atoms with Gasteiger partial charge in [-0.25, -0.2) is 0 Å². The number of nitrogens with zero attached hydrogens (tertiary/aromatic N) is 1. The highest BCUT2D eigenvalue weighted by molar-refractivity contribution is 5.92. The number of hydrogen-bond acceptors (Lipinski definition) is 3.